The fourth-order valence-electron chi connectivity index (χ4n) is 4.25. The van der Waals surface area contributed by atoms with Crippen LogP contribution in [-0.2, 0) is 0 Å². The largest absolute Gasteiger partial charge is 0.464 e. The van der Waals surface area contributed by atoms with Gasteiger partial charge in [-0.05, 0) is 41.3 Å². The van der Waals surface area contributed by atoms with Gasteiger partial charge in [-0.3, -0.25) is 4.79 Å². The van der Waals surface area contributed by atoms with Gasteiger partial charge in [-0.25, -0.2) is 0 Å². The van der Waals surface area contributed by atoms with Gasteiger partial charge in [-0.2, -0.15) is 0 Å². The van der Waals surface area contributed by atoms with Crippen molar-refractivity contribution in [2.75, 3.05) is 13.6 Å². The summed E-state index contributed by atoms with van der Waals surface area (Å²) in [5, 5.41) is 1.09. The van der Waals surface area contributed by atoms with Crippen LogP contribution in [0.15, 0.2) is 83.5 Å². The van der Waals surface area contributed by atoms with Gasteiger partial charge in [0.15, 0.2) is 0 Å². The van der Waals surface area contributed by atoms with E-state index in [-0.39, 0.29) is 5.91 Å². The number of furan rings is 1. The van der Waals surface area contributed by atoms with E-state index in [0.717, 1.165) is 51.8 Å². The molecule has 0 aliphatic heterocycles. The van der Waals surface area contributed by atoms with Crippen molar-refractivity contribution in [3.05, 3.63) is 84.6 Å². The summed E-state index contributed by atoms with van der Waals surface area (Å²) in [5.41, 5.74) is 5.90. The normalized spacial score (nSPS) is 11.1. The third kappa shape index (κ3) is 4.77. The summed E-state index contributed by atoms with van der Waals surface area (Å²) in [6.45, 7) is 3.01. The molecule has 3 aromatic carbocycles. The smallest absolute Gasteiger partial charge is 0.253 e. The van der Waals surface area contributed by atoms with Crippen molar-refractivity contribution in [3.8, 4) is 22.3 Å². The minimum absolute atomic E-state index is 0.0774. The van der Waals surface area contributed by atoms with Gasteiger partial charge in [0.25, 0.3) is 5.91 Å². The number of para-hydroxylation sites is 1. The number of unbranched alkanes of at least 4 members (excludes halogenated alkanes) is 4. The number of carbonyl (C=O) groups is 1. The molecule has 0 aliphatic carbocycles. The van der Waals surface area contributed by atoms with E-state index in [1.54, 1.807) is 0 Å². The van der Waals surface area contributed by atoms with Crippen LogP contribution in [0.5, 0.6) is 0 Å². The number of amides is 1. The van der Waals surface area contributed by atoms with Crippen molar-refractivity contribution in [1.29, 1.82) is 0 Å². The maximum Gasteiger partial charge on any atom is 0.253 e. The summed E-state index contributed by atoms with van der Waals surface area (Å²) in [5.74, 6) is 0.0774. The predicted octanol–water partition coefficient (Wildman–Crippen LogP) is 7.81. The molecule has 0 aliphatic rings. The second-order valence-corrected chi connectivity index (χ2v) is 8.41. The number of benzene rings is 3. The van der Waals surface area contributed by atoms with Crippen LogP contribution in [0, 0.1) is 0 Å². The van der Waals surface area contributed by atoms with Crippen molar-refractivity contribution >= 4 is 16.9 Å². The number of fused-ring (bicyclic) bond motifs is 1. The van der Waals surface area contributed by atoms with Crippen molar-refractivity contribution in [2.24, 2.45) is 0 Å². The Morgan fingerprint density at radius 1 is 0.812 bits per heavy atom. The molecule has 4 rings (SSSR count). The van der Waals surface area contributed by atoms with E-state index in [1.165, 1.54) is 25.7 Å². The maximum atomic E-state index is 13.0. The minimum Gasteiger partial charge on any atom is -0.464 e. The highest BCUT2D eigenvalue weighted by molar-refractivity contribution is 6.00. The SMILES string of the molecule is CCCCCCCN(C)C(=O)c1cccc(-c2ccccc2-c2coc3ccccc23)c1. The molecule has 3 nitrogen and oxygen atoms in total. The van der Waals surface area contributed by atoms with Crippen molar-refractivity contribution in [1.82, 2.24) is 4.90 Å². The Balaban J connectivity index is 1.59. The van der Waals surface area contributed by atoms with Crippen LogP contribution in [0.25, 0.3) is 33.2 Å². The number of hydrogen-bond acceptors (Lipinski definition) is 2. The van der Waals surface area contributed by atoms with E-state index in [0.29, 0.717) is 0 Å². The Hall–Kier alpha value is -3.33. The first-order chi connectivity index (χ1) is 15.7. The highest BCUT2D eigenvalue weighted by Gasteiger charge is 2.15. The van der Waals surface area contributed by atoms with E-state index in [4.69, 9.17) is 4.42 Å². The van der Waals surface area contributed by atoms with Gasteiger partial charge in [0.05, 0.1) is 6.26 Å². The fourth-order valence-corrected chi connectivity index (χ4v) is 4.25. The average Bonchev–Trinajstić information content (AvgIpc) is 3.27. The number of hydrogen-bond donors (Lipinski definition) is 0. The molecule has 1 heterocycles. The maximum absolute atomic E-state index is 13.0. The second-order valence-electron chi connectivity index (χ2n) is 8.41. The monoisotopic (exact) mass is 425 g/mol. The molecular weight excluding hydrogens is 394 g/mol. The molecule has 3 heteroatoms. The Bertz CT molecular complexity index is 1190. The van der Waals surface area contributed by atoms with Gasteiger partial charge in [0.2, 0.25) is 0 Å². The zero-order valence-electron chi connectivity index (χ0n) is 19.0. The Morgan fingerprint density at radius 3 is 2.41 bits per heavy atom. The van der Waals surface area contributed by atoms with E-state index in [9.17, 15) is 4.79 Å². The molecule has 0 saturated carbocycles. The third-order valence-corrected chi connectivity index (χ3v) is 6.06. The van der Waals surface area contributed by atoms with Gasteiger partial charge in [-0.1, -0.05) is 87.2 Å². The lowest BCUT2D eigenvalue weighted by atomic mass is 9.93. The molecular formula is C29H31NO2. The molecule has 0 spiro atoms. The molecule has 1 amide bonds. The third-order valence-electron chi connectivity index (χ3n) is 6.06. The molecule has 0 atom stereocenters. The zero-order valence-corrected chi connectivity index (χ0v) is 19.0. The summed E-state index contributed by atoms with van der Waals surface area (Å²) < 4.78 is 5.79. The lowest BCUT2D eigenvalue weighted by Gasteiger charge is -2.18. The number of carbonyl (C=O) groups excluding carboxylic acids is 1. The lowest BCUT2D eigenvalue weighted by Crippen LogP contribution is -2.27. The van der Waals surface area contributed by atoms with Gasteiger partial charge >= 0.3 is 0 Å². The molecule has 0 radical (unpaired) electrons. The first-order valence-corrected chi connectivity index (χ1v) is 11.6. The highest BCUT2D eigenvalue weighted by atomic mass is 16.3. The fraction of sp³-hybridized carbons (Fsp3) is 0.276. The summed E-state index contributed by atoms with van der Waals surface area (Å²) in [4.78, 5) is 14.9. The average molecular weight is 426 g/mol. The standard InChI is InChI=1S/C29H31NO2/c1-3-4-5-6-11-19-30(2)29(31)23-14-12-13-22(20-23)24-15-7-8-16-25(24)27-21-32-28-18-10-9-17-26(27)28/h7-10,12-18,20-21H,3-6,11,19H2,1-2H3. The number of rotatable bonds is 9. The Kier molecular flexibility index (Phi) is 7.06. The first kappa shape index (κ1) is 21.9. The van der Waals surface area contributed by atoms with Gasteiger partial charge < -0.3 is 9.32 Å². The van der Waals surface area contributed by atoms with Gasteiger partial charge in [-0.15, -0.1) is 0 Å². The van der Waals surface area contributed by atoms with Crippen LogP contribution in [0.1, 0.15) is 49.4 Å². The summed E-state index contributed by atoms with van der Waals surface area (Å²) in [6, 6.07) is 24.4. The van der Waals surface area contributed by atoms with Crippen molar-refractivity contribution in [3.63, 3.8) is 0 Å². The summed E-state index contributed by atoms with van der Waals surface area (Å²) >= 11 is 0. The molecule has 0 N–H and O–H groups in total. The van der Waals surface area contributed by atoms with Crippen LogP contribution in [0.4, 0.5) is 0 Å². The molecule has 0 bridgehead atoms. The molecule has 0 saturated heterocycles. The molecule has 1 aromatic heterocycles. The topological polar surface area (TPSA) is 33.5 Å². The Labute approximate surface area is 190 Å². The Morgan fingerprint density at radius 2 is 1.56 bits per heavy atom. The van der Waals surface area contributed by atoms with E-state index >= 15 is 0 Å². The van der Waals surface area contributed by atoms with Crippen LogP contribution < -0.4 is 0 Å². The van der Waals surface area contributed by atoms with Crippen LogP contribution in [0.2, 0.25) is 0 Å². The molecule has 0 unspecified atom stereocenters. The highest BCUT2D eigenvalue weighted by Crippen LogP contribution is 2.37. The van der Waals surface area contributed by atoms with Gasteiger partial charge in [0, 0.05) is 30.1 Å². The van der Waals surface area contributed by atoms with E-state index in [1.807, 2.05) is 66.7 Å². The summed E-state index contributed by atoms with van der Waals surface area (Å²) in [6.07, 6.45) is 7.80. The van der Waals surface area contributed by atoms with E-state index in [2.05, 4.69) is 31.2 Å². The molecule has 0 fully saturated rings. The molecule has 32 heavy (non-hydrogen) atoms. The molecule has 164 valence electrons. The van der Waals surface area contributed by atoms with Crippen LogP contribution >= 0.6 is 0 Å². The second kappa shape index (κ2) is 10.3. The number of nitrogens with zero attached hydrogens (tertiary/aromatic N) is 1. The van der Waals surface area contributed by atoms with Crippen molar-refractivity contribution < 1.29 is 9.21 Å². The predicted molar refractivity (Wildman–Crippen MR) is 133 cm³/mol. The van der Waals surface area contributed by atoms with Crippen LogP contribution in [-0.4, -0.2) is 24.4 Å². The zero-order chi connectivity index (χ0) is 22.3. The molecule has 4 aromatic rings. The lowest BCUT2D eigenvalue weighted by molar-refractivity contribution is 0.0792. The first-order valence-electron chi connectivity index (χ1n) is 11.6. The minimum atomic E-state index is 0.0774. The quantitative estimate of drug-likeness (QED) is 0.256. The summed E-state index contributed by atoms with van der Waals surface area (Å²) in [7, 11) is 1.90. The van der Waals surface area contributed by atoms with Crippen molar-refractivity contribution in [2.45, 2.75) is 39.0 Å². The van der Waals surface area contributed by atoms with Crippen LogP contribution in [0.3, 0.4) is 0 Å². The van der Waals surface area contributed by atoms with E-state index < -0.39 is 0 Å². The van der Waals surface area contributed by atoms with Gasteiger partial charge in [0.1, 0.15) is 5.58 Å².